The van der Waals surface area contributed by atoms with Crippen LogP contribution in [0.4, 0.5) is 10.8 Å². The lowest BCUT2D eigenvalue weighted by Crippen LogP contribution is -2.34. The number of aromatic nitrogens is 1. The quantitative estimate of drug-likeness (QED) is 0.361. The van der Waals surface area contributed by atoms with E-state index >= 15 is 0 Å². The Kier molecular flexibility index (Phi) is 6.98. The summed E-state index contributed by atoms with van der Waals surface area (Å²) in [5.41, 5.74) is 1.80. The number of fused-ring (bicyclic) bond motifs is 1. The van der Waals surface area contributed by atoms with Crippen LogP contribution < -0.4 is 9.80 Å². The number of carbonyl (C=O) groups excluding carboxylic acids is 3. The molecule has 0 aliphatic heterocycles. The van der Waals surface area contributed by atoms with Gasteiger partial charge in [0.1, 0.15) is 0 Å². The van der Waals surface area contributed by atoms with Gasteiger partial charge in [-0.25, -0.2) is 9.78 Å². The smallest absolute Gasteiger partial charge is 0.339 e. The van der Waals surface area contributed by atoms with Crippen LogP contribution in [0.2, 0.25) is 0 Å². The van der Waals surface area contributed by atoms with Crippen LogP contribution >= 0.6 is 11.3 Å². The Bertz CT molecular complexity index is 1300. The molecule has 34 heavy (non-hydrogen) atoms. The predicted molar refractivity (Wildman–Crippen MR) is 134 cm³/mol. The Balaban J connectivity index is 1.47. The van der Waals surface area contributed by atoms with E-state index in [1.807, 2.05) is 49.4 Å². The summed E-state index contributed by atoms with van der Waals surface area (Å²) in [6.45, 7) is 1.76. The van der Waals surface area contributed by atoms with Gasteiger partial charge in [-0.15, -0.1) is 0 Å². The number of anilines is 2. The van der Waals surface area contributed by atoms with E-state index in [0.717, 1.165) is 10.2 Å². The molecule has 8 heteroatoms. The Morgan fingerprint density at radius 1 is 0.882 bits per heavy atom. The van der Waals surface area contributed by atoms with E-state index in [9.17, 15) is 14.4 Å². The molecule has 4 rings (SSSR count). The molecule has 0 fully saturated rings. The van der Waals surface area contributed by atoms with Gasteiger partial charge in [0.15, 0.2) is 11.7 Å². The highest BCUT2D eigenvalue weighted by Gasteiger charge is 2.24. The highest BCUT2D eigenvalue weighted by molar-refractivity contribution is 7.22. The third-order valence-electron chi connectivity index (χ3n) is 5.28. The highest BCUT2D eigenvalue weighted by Crippen LogP contribution is 2.28. The van der Waals surface area contributed by atoms with Gasteiger partial charge in [-0.2, -0.15) is 0 Å². The van der Waals surface area contributed by atoms with Gasteiger partial charge in [-0.05, 0) is 43.3 Å². The Hall–Kier alpha value is -4.04. The maximum absolute atomic E-state index is 13.1. The van der Waals surface area contributed by atoms with Crippen molar-refractivity contribution in [3.63, 3.8) is 0 Å². The van der Waals surface area contributed by atoms with Gasteiger partial charge in [0, 0.05) is 19.3 Å². The number of esters is 1. The molecule has 0 atom stereocenters. The lowest BCUT2D eigenvalue weighted by molar-refractivity contribution is -0.121. The maximum atomic E-state index is 13.1. The van der Waals surface area contributed by atoms with Gasteiger partial charge in [0.05, 0.1) is 21.3 Å². The summed E-state index contributed by atoms with van der Waals surface area (Å²) in [6.07, 6.45) is 0. The zero-order chi connectivity index (χ0) is 24.1. The third-order valence-corrected chi connectivity index (χ3v) is 6.34. The molecule has 0 radical (unpaired) electrons. The van der Waals surface area contributed by atoms with Crippen molar-refractivity contribution in [1.29, 1.82) is 0 Å². The van der Waals surface area contributed by atoms with Crippen LogP contribution in [0.1, 0.15) is 27.6 Å². The summed E-state index contributed by atoms with van der Waals surface area (Å²) in [4.78, 5) is 46.2. The Labute approximate surface area is 201 Å². The molecule has 3 aromatic carbocycles. The lowest BCUT2D eigenvalue weighted by atomic mass is 10.1. The molecule has 2 amide bonds. The Morgan fingerprint density at radius 3 is 2.24 bits per heavy atom. The van der Waals surface area contributed by atoms with Crippen molar-refractivity contribution < 1.29 is 19.1 Å². The number of thiazole rings is 1. The number of benzene rings is 3. The first-order valence-corrected chi connectivity index (χ1v) is 11.6. The zero-order valence-corrected chi connectivity index (χ0v) is 19.6. The fraction of sp³-hybridized carbons (Fsp3) is 0.154. The fourth-order valence-corrected chi connectivity index (χ4v) is 4.52. The van der Waals surface area contributed by atoms with Crippen molar-refractivity contribution in [1.82, 2.24) is 4.98 Å². The summed E-state index contributed by atoms with van der Waals surface area (Å²) < 4.78 is 6.29. The number of ether oxygens (including phenoxy) is 1. The SMILES string of the molecule is CCN(C(=O)COC(=O)c1ccccc1C(=O)N(C)c1ccccc1)c1nc2ccccc2s1. The van der Waals surface area contributed by atoms with Gasteiger partial charge < -0.3 is 9.64 Å². The standard InChI is InChI=1S/C26H23N3O4S/c1-3-29(26-27-21-15-9-10-16-22(21)34-26)23(30)17-33-25(32)20-14-8-7-13-19(20)24(31)28(2)18-11-5-4-6-12-18/h4-16H,3,17H2,1-2H3. The van der Waals surface area contributed by atoms with Gasteiger partial charge in [0.25, 0.3) is 11.8 Å². The summed E-state index contributed by atoms with van der Waals surface area (Å²) in [5, 5.41) is 0.546. The van der Waals surface area contributed by atoms with Crippen molar-refractivity contribution in [2.75, 3.05) is 30.0 Å². The van der Waals surface area contributed by atoms with Crippen LogP contribution in [0.25, 0.3) is 10.2 Å². The molecule has 172 valence electrons. The van der Waals surface area contributed by atoms with Crippen LogP contribution in [-0.2, 0) is 9.53 Å². The summed E-state index contributed by atoms with van der Waals surface area (Å²) in [7, 11) is 1.64. The molecule has 0 saturated heterocycles. The molecule has 0 spiro atoms. The monoisotopic (exact) mass is 473 g/mol. The van der Waals surface area contributed by atoms with Crippen LogP contribution in [0.3, 0.4) is 0 Å². The molecule has 1 heterocycles. The maximum Gasteiger partial charge on any atom is 0.339 e. The van der Waals surface area contributed by atoms with Gasteiger partial charge in [0.2, 0.25) is 0 Å². The number of hydrogen-bond donors (Lipinski definition) is 0. The fourth-order valence-electron chi connectivity index (χ4n) is 3.47. The molecule has 1 aromatic heterocycles. The number of para-hydroxylation sites is 2. The molecule has 7 nitrogen and oxygen atoms in total. The van der Waals surface area contributed by atoms with Crippen LogP contribution in [0, 0.1) is 0 Å². The second-order valence-corrected chi connectivity index (χ2v) is 8.43. The summed E-state index contributed by atoms with van der Waals surface area (Å²) in [6, 6.07) is 23.2. The highest BCUT2D eigenvalue weighted by atomic mass is 32.1. The molecule has 0 unspecified atom stereocenters. The number of amides is 2. The minimum Gasteiger partial charge on any atom is -0.452 e. The molecule has 0 aliphatic carbocycles. The number of nitrogens with zero attached hydrogens (tertiary/aromatic N) is 3. The van der Waals surface area contributed by atoms with E-state index in [4.69, 9.17) is 4.74 Å². The van der Waals surface area contributed by atoms with Crippen molar-refractivity contribution in [3.8, 4) is 0 Å². The molecule has 0 N–H and O–H groups in total. The summed E-state index contributed by atoms with van der Waals surface area (Å²) >= 11 is 1.40. The van der Waals surface area contributed by atoms with Crippen LogP contribution in [0.5, 0.6) is 0 Å². The molecular formula is C26H23N3O4S. The largest absolute Gasteiger partial charge is 0.452 e. The van der Waals surface area contributed by atoms with E-state index < -0.39 is 12.6 Å². The molecule has 0 aliphatic rings. The second kappa shape index (κ2) is 10.3. The lowest BCUT2D eigenvalue weighted by Gasteiger charge is -2.19. The van der Waals surface area contributed by atoms with E-state index in [0.29, 0.717) is 17.4 Å². The minimum atomic E-state index is -0.737. The van der Waals surface area contributed by atoms with Crippen LogP contribution in [0.15, 0.2) is 78.9 Å². The average molecular weight is 474 g/mol. The first-order chi connectivity index (χ1) is 16.5. The van der Waals surface area contributed by atoms with E-state index in [-0.39, 0.29) is 22.9 Å². The number of likely N-dealkylation sites (N-methyl/N-ethyl adjacent to an activating group) is 1. The first kappa shape index (κ1) is 23.1. The minimum absolute atomic E-state index is 0.103. The summed E-state index contributed by atoms with van der Waals surface area (Å²) in [5.74, 6) is -1.48. The number of hydrogen-bond acceptors (Lipinski definition) is 6. The number of rotatable bonds is 7. The first-order valence-electron chi connectivity index (χ1n) is 10.7. The van der Waals surface area contributed by atoms with Crippen molar-refractivity contribution in [2.45, 2.75) is 6.92 Å². The van der Waals surface area contributed by atoms with Gasteiger partial charge in [-0.1, -0.05) is 53.8 Å². The number of carbonyl (C=O) groups is 3. The van der Waals surface area contributed by atoms with Gasteiger partial charge in [-0.3, -0.25) is 14.5 Å². The van der Waals surface area contributed by atoms with Crippen molar-refractivity contribution in [2.24, 2.45) is 0 Å². The third kappa shape index (κ3) is 4.82. The molecule has 0 saturated carbocycles. The van der Waals surface area contributed by atoms with Crippen molar-refractivity contribution in [3.05, 3.63) is 90.0 Å². The van der Waals surface area contributed by atoms with Gasteiger partial charge >= 0.3 is 5.97 Å². The predicted octanol–water partition coefficient (Wildman–Crippen LogP) is 4.78. The topological polar surface area (TPSA) is 79.8 Å². The van der Waals surface area contributed by atoms with Crippen molar-refractivity contribution >= 4 is 50.2 Å². The van der Waals surface area contributed by atoms with E-state index in [2.05, 4.69) is 4.98 Å². The molecule has 0 bridgehead atoms. The van der Waals surface area contributed by atoms with Crippen LogP contribution in [-0.4, -0.2) is 43.0 Å². The average Bonchev–Trinajstić information content (AvgIpc) is 3.31. The molecular weight excluding hydrogens is 450 g/mol. The van der Waals surface area contributed by atoms with E-state index in [1.165, 1.54) is 27.2 Å². The Morgan fingerprint density at radius 2 is 1.53 bits per heavy atom. The zero-order valence-electron chi connectivity index (χ0n) is 18.8. The second-order valence-electron chi connectivity index (χ2n) is 7.42. The molecule has 4 aromatic rings. The normalized spacial score (nSPS) is 10.6. The van der Waals surface area contributed by atoms with E-state index in [1.54, 1.807) is 37.4 Å².